The molecule has 0 unspecified atom stereocenters. The lowest BCUT2D eigenvalue weighted by Crippen LogP contribution is -2.39. The number of rotatable bonds is 22. The topological polar surface area (TPSA) is 158 Å². The Labute approximate surface area is 271 Å². The van der Waals surface area contributed by atoms with E-state index in [1.165, 1.54) is 39.8 Å². The zero-order valence-electron chi connectivity index (χ0n) is 28.0. The summed E-state index contributed by atoms with van der Waals surface area (Å²) in [6.45, 7) is 22.5. The van der Waals surface area contributed by atoms with Crippen LogP contribution in [0.1, 0.15) is 67.2 Å². The molecule has 12 heteroatoms. The fourth-order valence-corrected chi connectivity index (χ4v) is 3.17. The van der Waals surface area contributed by atoms with Crippen LogP contribution < -0.4 is 0 Å². The number of carbonyl (C=O) groups excluding carboxylic acids is 6. The third kappa shape index (κ3) is 16.0. The second kappa shape index (κ2) is 20.5. The van der Waals surface area contributed by atoms with Crippen LogP contribution in [0.2, 0.25) is 0 Å². The molecule has 0 aromatic carbocycles. The lowest BCUT2D eigenvalue weighted by atomic mass is 9.88. The zero-order chi connectivity index (χ0) is 35.5. The summed E-state index contributed by atoms with van der Waals surface area (Å²) < 4.78 is 31.9. The van der Waals surface area contributed by atoms with Gasteiger partial charge in [-0.2, -0.15) is 0 Å². The van der Waals surface area contributed by atoms with Gasteiger partial charge in [-0.3, -0.25) is 9.59 Å². The van der Waals surface area contributed by atoms with E-state index in [0.29, 0.717) is 12.8 Å². The third-order valence-corrected chi connectivity index (χ3v) is 6.75. The van der Waals surface area contributed by atoms with Crippen molar-refractivity contribution in [2.75, 3.05) is 39.6 Å². The van der Waals surface area contributed by atoms with Crippen molar-refractivity contribution in [1.82, 2.24) is 0 Å². The summed E-state index contributed by atoms with van der Waals surface area (Å²) in [4.78, 5) is 72.8. The zero-order valence-corrected chi connectivity index (χ0v) is 28.0. The predicted octanol–water partition coefficient (Wildman–Crippen LogP) is 4.68. The fraction of sp³-hybridized carbons (Fsp3) is 0.529. The summed E-state index contributed by atoms with van der Waals surface area (Å²) in [6.07, 6.45) is 3.17. The fourth-order valence-electron chi connectivity index (χ4n) is 3.17. The molecule has 0 atom stereocenters. The van der Waals surface area contributed by atoms with Gasteiger partial charge in [0.25, 0.3) is 0 Å². The van der Waals surface area contributed by atoms with Crippen molar-refractivity contribution in [2.45, 2.75) is 67.2 Å². The van der Waals surface area contributed by atoms with Crippen molar-refractivity contribution in [2.24, 2.45) is 10.8 Å². The van der Waals surface area contributed by atoms with E-state index in [1.54, 1.807) is 13.8 Å². The van der Waals surface area contributed by atoms with Crippen LogP contribution in [0, 0.1) is 10.8 Å². The molecular formula is C34H48O12. The molecule has 0 saturated carbocycles. The average molecular weight is 649 g/mol. The first-order valence-corrected chi connectivity index (χ1v) is 14.7. The van der Waals surface area contributed by atoms with Crippen LogP contribution in [0.25, 0.3) is 0 Å². The van der Waals surface area contributed by atoms with E-state index >= 15 is 0 Å². The lowest BCUT2D eigenvalue weighted by molar-refractivity contribution is -0.161. The van der Waals surface area contributed by atoms with Gasteiger partial charge in [0.1, 0.15) is 39.6 Å². The van der Waals surface area contributed by atoms with Crippen LogP contribution in [0.4, 0.5) is 0 Å². The highest BCUT2D eigenvalue weighted by Gasteiger charge is 2.35. The monoisotopic (exact) mass is 648 g/mol. The van der Waals surface area contributed by atoms with Gasteiger partial charge in [0.2, 0.25) is 0 Å². The van der Waals surface area contributed by atoms with Crippen molar-refractivity contribution >= 4 is 35.8 Å². The molecular weight excluding hydrogens is 600 g/mol. The molecule has 256 valence electrons. The summed E-state index contributed by atoms with van der Waals surface area (Å²) >= 11 is 0. The normalized spacial score (nSPS) is 11.2. The minimum atomic E-state index is -1.01. The Morgan fingerprint density at radius 3 is 0.870 bits per heavy atom. The number of esters is 6. The second-order valence-corrected chi connectivity index (χ2v) is 11.3. The Hall–Kier alpha value is -4.48. The molecule has 0 rings (SSSR count). The van der Waals surface area contributed by atoms with Crippen molar-refractivity contribution in [1.29, 1.82) is 0 Å². The molecule has 0 fully saturated rings. The quantitative estimate of drug-likeness (QED) is 0.0692. The molecule has 0 amide bonds. The minimum absolute atomic E-state index is 0.183. The van der Waals surface area contributed by atoms with Crippen LogP contribution in [0.15, 0.2) is 60.8 Å². The van der Waals surface area contributed by atoms with Crippen LogP contribution in [0.3, 0.4) is 0 Å². The van der Waals surface area contributed by atoms with Gasteiger partial charge < -0.3 is 28.4 Å². The molecule has 0 radical (unpaired) electrons. The Morgan fingerprint density at radius 2 is 0.674 bits per heavy atom. The molecule has 0 N–H and O–H groups in total. The molecule has 0 aromatic rings. The molecule has 0 bridgehead atoms. The molecule has 0 aliphatic rings. The highest BCUT2D eigenvalue weighted by molar-refractivity contribution is 5.88. The lowest BCUT2D eigenvalue weighted by Gasteiger charge is -2.31. The van der Waals surface area contributed by atoms with Gasteiger partial charge in [0, 0.05) is 22.3 Å². The highest BCUT2D eigenvalue weighted by Crippen LogP contribution is 2.26. The molecule has 0 aliphatic carbocycles. The van der Waals surface area contributed by atoms with Crippen LogP contribution >= 0.6 is 0 Å². The Morgan fingerprint density at radius 1 is 0.457 bits per heavy atom. The summed E-state index contributed by atoms with van der Waals surface area (Å²) in [7, 11) is 0. The Balaban J connectivity index is 5.22. The van der Waals surface area contributed by atoms with E-state index in [1.807, 2.05) is 0 Å². The van der Waals surface area contributed by atoms with Crippen LogP contribution in [0.5, 0.6) is 0 Å². The van der Waals surface area contributed by atoms with Gasteiger partial charge in [-0.15, -0.1) is 0 Å². The molecule has 0 aromatic heterocycles. The smallest absolute Gasteiger partial charge is 0.333 e. The molecule has 0 heterocycles. The van der Waals surface area contributed by atoms with Crippen molar-refractivity contribution in [3.8, 4) is 0 Å². The van der Waals surface area contributed by atoms with E-state index < -0.39 is 46.6 Å². The number of ether oxygens (including phenoxy) is 6. The first-order valence-electron chi connectivity index (χ1n) is 14.7. The van der Waals surface area contributed by atoms with Crippen molar-refractivity contribution in [3.05, 3.63) is 60.8 Å². The average Bonchev–Trinajstić information content (AvgIpc) is 3.01. The van der Waals surface area contributed by atoms with Gasteiger partial charge in [-0.05, 0) is 40.5 Å². The first-order chi connectivity index (χ1) is 21.4. The summed E-state index contributed by atoms with van der Waals surface area (Å²) in [5.41, 5.74) is -1.29. The molecule has 12 nitrogen and oxygen atoms in total. The number of carbonyl (C=O) groups is 6. The number of hydrogen-bond acceptors (Lipinski definition) is 12. The first kappa shape index (κ1) is 41.5. The molecule has 0 saturated heterocycles. The van der Waals surface area contributed by atoms with E-state index in [9.17, 15) is 28.8 Å². The third-order valence-electron chi connectivity index (χ3n) is 6.75. The maximum absolute atomic E-state index is 12.5. The highest BCUT2D eigenvalue weighted by atomic mass is 16.6. The van der Waals surface area contributed by atoms with Gasteiger partial charge >= 0.3 is 35.8 Å². The van der Waals surface area contributed by atoms with Gasteiger partial charge in [-0.1, -0.05) is 52.3 Å². The maximum atomic E-state index is 12.5. The second-order valence-electron chi connectivity index (χ2n) is 11.3. The molecule has 0 spiro atoms. The summed E-state index contributed by atoms with van der Waals surface area (Å²) in [5, 5.41) is 0. The maximum Gasteiger partial charge on any atom is 0.333 e. The van der Waals surface area contributed by atoms with Gasteiger partial charge in [0.15, 0.2) is 0 Å². The number of hydrogen-bond donors (Lipinski definition) is 0. The standard InChI is InChI=1S/C34H48O12/c1-11-33(19-43-29(37)23(3)4,20-44-30(38)24(5)6)17-41-27(35)15-13-14-16-28(36)42-18-34(12-2,21-45-31(39)25(7)8)22-46-32(40)26(9)10/h13-14H,3,5,7,9,11-12,15-22H2,1-2,4,6,8,10H3/b14-13+. The largest absolute Gasteiger partial charge is 0.465 e. The van der Waals surface area contributed by atoms with E-state index in [4.69, 9.17) is 28.4 Å². The van der Waals surface area contributed by atoms with Crippen molar-refractivity contribution < 1.29 is 57.2 Å². The Kier molecular flexibility index (Phi) is 18.5. The summed E-state index contributed by atoms with van der Waals surface area (Å²) in [5.74, 6) is -3.82. The van der Waals surface area contributed by atoms with E-state index in [0.717, 1.165) is 0 Å². The Bertz CT molecular complexity index is 1050. The van der Waals surface area contributed by atoms with Crippen LogP contribution in [-0.4, -0.2) is 75.5 Å². The van der Waals surface area contributed by atoms with Crippen molar-refractivity contribution in [3.63, 3.8) is 0 Å². The molecule has 0 aliphatic heterocycles. The van der Waals surface area contributed by atoms with Crippen LogP contribution in [-0.2, 0) is 57.2 Å². The molecule has 46 heavy (non-hydrogen) atoms. The van der Waals surface area contributed by atoms with Gasteiger partial charge in [-0.25, -0.2) is 19.2 Å². The van der Waals surface area contributed by atoms with E-state index in [2.05, 4.69) is 26.3 Å². The van der Waals surface area contributed by atoms with Gasteiger partial charge in [0.05, 0.1) is 23.7 Å². The van der Waals surface area contributed by atoms with E-state index in [-0.39, 0.29) is 74.8 Å². The summed E-state index contributed by atoms with van der Waals surface area (Å²) in [6, 6.07) is 0. The SMILES string of the molecule is C=C(C)C(=O)OCC(CC)(COC(=O)C/C=C/CC(=O)OCC(CC)(COC(=O)C(=C)C)COC(=O)C(=C)C)COC(=O)C(=C)C. The predicted molar refractivity (Wildman–Crippen MR) is 169 cm³/mol. The minimum Gasteiger partial charge on any atom is -0.465 e.